The fraction of sp³-hybridized carbons (Fsp3) is 0.333. The van der Waals surface area contributed by atoms with Crippen molar-refractivity contribution in [2.75, 3.05) is 44.7 Å². The molecule has 1 aromatic heterocycles. The lowest BCUT2D eigenvalue weighted by atomic mass is 9.93. The summed E-state index contributed by atoms with van der Waals surface area (Å²) in [7, 11) is 1.30. The van der Waals surface area contributed by atoms with Crippen LogP contribution in [-0.2, 0) is 11.0 Å². The number of hydrogen-bond donors (Lipinski definition) is 2. The summed E-state index contributed by atoms with van der Waals surface area (Å²) in [4.78, 5) is 11.3. The lowest BCUT2D eigenvalue weighted by Crippen LogP contribution is -2.30. The van der Waals surface area contributed by atoms with Crippen LogP contribution >= 0.6 is 18.7 Å². The summed E-state index contributed by atoms with van der Waals surface area (Å²) in [5.41, 5.74) is 4.05. The minimum atomic E-state index is -2.49. The van der Waals surface area contributed by atoms with Crippen LogP contribution in [0.25, 0.3) is 0 Å². The van der Waals surface area contributed by atoms with Crippen LogP contribution in [0.4, 0.5) is 23.1 Å². The fourth-order valence-corrected chi connectivity index (χ4v) is 5.34. The first kappa shape index (κ1) is 23.6. The third-order valence-electron chi connectivity index (χ3n) is 6.03. The van der Waals surface area contributed by atoms with Gasteiger partial charge in [0.2, 0.25) is 5.95 Å². The van der Waals surface area contributed by atoms with Gasteiger partial charge in [0.25, 0.3) is 0 Å². The van der Waals surface area contributed by atoms with Gasteiger partial charge in [0.05, 0.1) is 24.7 Å². The van der Waals surface area contributed by atoms with Crippen LogP contribution in [0.2, 0.25) is 5.02 Å². The number of aromatic nitrogens is 2. The summed E-state index contributed by atoms with van der Waals surface area (Å²) in [6.45, 7) is 6.70. The number of nitrogens with one attached hydrogen (secondary N) is 2. The van der Waals surface area contributed by atoms with E-state index in [2.05, 4.69) is 51.6 Å². The molecule has 0 saturated carbocycles. The maximum absolute atomic E-state index is 12.7. The van der Waals surface area contributed by atoms with Gasteiger partial charge >= 0.3 is 0 Å². The van der Waals surface area contributed by atoms with Gasteiger partial charge in [0.1, 0.15) is 17.9 Å². The van der Waals surface area contributed by atoms with Crippen molar-refractivity contribution in [2.45, 2.75) is 19.4 Å². The lowest BCUT2D eigenvalue weighted by Gasteiger charge is -2.33. The SMILES string of the molecule is COc1cc2c(cc1Nc1ncc(Cl)c(Nc3ccccc3P(C)(C)=O)n1)C(C)N(C)CC2. The number of halogens is 1. The van der Waals surface area contributed by atoms with Crippen LogP contribution in [0.1, 0.15) is 24.1 Å². The third-order valence-corrected chi connectivity index (χ3v) is 7.86. The molecule has 7 nitrogen and oxygen atoms in total. The Hall–Kier alpha value is -2.60. The molecule has 2 N–H and O–H groups in total. The molecule has 0 fully saturated rings. The minimum absolute atomic E-state index is 0.304. The molecule has 174 valence electrons. The number of rotatable bonds is 6. The van der Waals surface area contributed by atoms with Crippen LogP contribution in [0, 0.1) is 0 Å². The van der Waals surface area contributed by atoms with E-state index in [1.807, 2.05) is 24.3 Å². The largest absolute Gasteiger partial charge is 0.495 e. The summed E-state index contributed by atoms with van der Waals surface area (Å²) in [5, 5.41) is 7.63. The highest BCUT2D eigenvalue weighted by atomic mass is 35.5. The fourth-order valence-electron chi connectivity index (χ4n) is 4.05. The molecule has 1 unspecified atom stereocenters. The number of methoxy groups -OCH3 is 1. The average molecular weight is 486 g/mol. The monoisotopic (exact) mass is 485 g/mol. The zero-order chi connectivity index (χ0) is 23.8. The number of benzene rings is 2. The second kappa shape index (κ2) is 9.34. The summed E-state index contributed by atoms with van der Waals surface area (Å²) in [6.07, 6.45) is 2.52. The molecule has 3 aromatic rings. The van der Waals surface area contributed by atoms with E-state index < -0.39 is 7.14 Å². The molecule has 0 saturated heterocycles. The zero-order valence-corrected chi connectivity index (χ0v) is 21.2. The lowest BCUT2D eigenvalue weighted by molar-refractivity contribution is 0.247. The van der Waals surface area contributed by atoms with Gasteiger partial charge in [-0.2, -0.15) is 4.98 Å². The van der Waals surface area contributed by atoms with E-state index in [1.165, 1.54) is 11.1 Å². The highest BCUT2D eigenvalue weighted by Crippen LogP contribution is 2.39. The van der Waals surface area contributed by atoms with E-state index in [-0.39, 0.29) is 0 Å². The standard InChI is InChI=1S/C24H29ClN5O2P/c1-15-17-13-20(21(32-3)12-16(17)10-11-30(15)2)28-24-26-14-18(25)23(29-24)27-19-8-6-7-9-22(19)33(4,5)31/h6-9,12-15H,10-11H2,1-5H3,(H2,26,27,28,29). The predicted molar refractivity (Wildman–Crippen MR) is 137 cm³/mol. The summed E-state index contributed by atoms with van der Waals surface area (Å²) in [6, 6.07) is 12.0. The van der Waals surface area contributed by atoms with Crippen LogP contribution in [0.5, 0.6) is 5.75 Å². The molecular formula is C24H29ClN5O2P. The summed E-state index contributed by atoms with van der Waals surface area (Å²) < 4.78 is 18.4. The Bertz CT molecular complexity index is 1230. The van der Waals surface area contributed by atoms with Crippen molar-refractivity contribution < 1.29 is 9.30 Å². The third kappa shape index (κ3) is 5.01. The average Bonchev–Trinajstić information content (AvgIpc) is 2.78. The molecular weight excluding hydrogens is 457 g/mol. The number of likely N-dealkylation sites (N-methyl/N-ethyl adjacent to an activating group) is 1. The Kier molecular flexibility index (Phi) is 6.66. The molecule has 0 radical (unpaired) electrons. The highest BCUT2D eigenvalue weighted by molar-refractivity contribution is 7.70. The van der Waals surface area contributed by atoms with Crippen molar-refractivity contribution in [3.05, 3.63) is 58.7 Å². The second-order valence-electron chi connectivity index (χ2n) is 8.67. The van der Waals surface area contributed by atoms with E-state index in [1.54, 1.807) is 26.6 Å². The molecule has 2 aromatic carbocycles. The van der Waals surface area contributed by atoms with E-state index in [0.717, 1.165) is 29.7 Å². The molecule has 0 bridgehead atoms. The topological polar surface area (TPSA) is 79.4 Å². The van der Waals surface area contributed by atoms with E-state index in [4.69, 9.17) is 16.3 Å². The van der Waals surface area contributed by atoms with E-state index in [0.29, 0.717) is 28.5 Å². The maximum Gasteiger partial charge on any atom is 0.229 e. The van der Waals surface area contributed by atoms with Gasteiger partial charge in [-0.15, -0.1) is 0 Å². The van der Waals surface area contributed by atoms with Gasteiger partial charge in [-0.1, -0.05) is 23.7 Å². The zero-order valence-electron chi connectivity index (χ0n) is 19.5. The van der Waals surface area contributed by atoms with Gasteiger partial charge < -0.3 is 19.9 Å². The smallest absolute Gasteiger partial charge is 0.229 e. The molecule has 0 aliphatic carbocycles. The van der Waals surface area contributed by atoms with Crippen LogP contribution in [0.15, 0.2) is 42.6 Å². The first-order valence-corrected chi connectivity index (χ1v) is 13.8. The Labute approximate surface area is 199 Å². The molecule has 1 aliphatic rings. The maximum atomic E-state index is 12.7. The van der Waals surface area contributed by atoms with Crippen LogP contribution < -0.4 is 20.7 Å². The first-order chi connectivity index (χ1) is 15.7. The molecule has 33 heavy (non-hydrogen) atoms. The molecule has 1 atom stereocenters. The van der Waals surface area contributed by atoms with E-state index >= 15 is 0 Å². The molecule has 4 rings (SSSR count). The minimum Gasteiger partial charge on any atom is -0.495 e. The van der Waals surface area contributed by atoms with Crippen LogP contribution in [0.3, 0.4) is 0 Å². The van der Waals surface area contributed by atoms with Gasteiger partial charge in [-0.3, -0.25) is 4.90 Å². The van der Waals surface area contributed by atoms with E-state index in [9.17, 15) is 4.57 Å². The number of hydrogen-bond acceptors (Lipinski definition) is 7. The predicted octanol–water partition coefficient (Wildman–Crippen LogP) is 5.42. The van der Waals surface area contributed by atoms with Gasteiger partial charge in [0.15, 0.2) is 5.82 Å². The van der Waals surface area contributed by atoms with Crippen molar-refractivity contribution in [3.63, 3.8) is 0 Å². The Morgan fingerprint density at radius 2 is 1.94 bits per heavy atom. The van der Waals surface area contributed by atoms with Gasteiger partial charge in [-0.25, -0.2) is 4.98 Å². The van der Waals surface area contributed by atoms with Crippen molar-refractivity contribution in [2.24, 2.45) is 0 Å². The van der Waals surface area contributed by atoms with Gasteiger partial charge in [0, 0.05) is 17.9 Å². The Balaban J connectivity index is 1.67. The van der Waals surface area contributed by atoms with Crippen molar-refractivity contribution >= 4 is 47.2 Å². The first-order valence-electron chi connectivity index (χ1n) is 10.8. The highest BCUT2D eigenvalue weighted by Gasteiger charge is 2.23. The number of anilines is 4. The van der Waals surface area contributed by atoms with Crippen molar-refractivity contribution in [3.8, 4) is 5.75 Å². The normalized spacial score (nSPS) is 16.2. The number of para-hydroxylation sites is 1. The molecule has 0 amide bonds. The quantitative estimate of drug-likeness (QED) is 0.451. The second-order valence-corrected chi connectivity index (χ2v) is 12.3. The molecule has 0 spiro atoms. The Morgan fingerprint density at radius 3 is 2.67 bits per heavy atom. The summed E-state index contributed by atoms with van der Waals surface area (Å²) >= 11 is 6.39. The number of fused-ring (bicyclic) bond motifs is 1. The Morgan fingerprint density at radius 1 is 1.18 bits per heavy atom. The van der Waals surface area contributed by atoms with Crippen molar-refractivity contribution in [1.82, 2.24) is 14.9 Å². The number of ether oxygens (including phenoxy) is 1. The van der Waals surface area contributed by atoms with Crippen molar-refractivity contribution in [1.29, 1.82) is 0 Å². The molecule has 9 heteroatoms. The molecule has 1 aliphatic heterocycles. The summed E-state index contributed by atoms with van der Waals surface area (Å²) in [5.74, 6) is 1.55. The molecule has 2 heterocycles. The number of nitrogens with zero attached hydrogens (tertiary/aromatic N) is 3. The van der Waals surface area contributed by atoms with Gasteiger partial charge in [-0.05, 0) is 69.1 Å². The van der Waals surface area contributed by atoms with Crippen LogP contribution in [-0.4, -0.2) is 48.9 Å².